The van der Waals surface area contributed by atoms with Crippen LogP contribution in [-0.2, 0) is 0 Å². The van der Waals surface area contributed by atoms with Crippen LogP contribution >= 0.6 is 19.1 Å². The summed E-state index contributed by atoms with van der Waals surface area (Å²) in [6.45, 7) is 1.94. The van der Waals surface area contributed by atoms with Crippen LogP contribution in [0.5, 0.6) is 0 Å². The molecule has 0 radical (unpaired) electrons. The fourth-order valence-electron chi connectivity index (χ4n) is 2.36. The maximum absolute atomic E-state index is 14.2. The first-order chi connectivity index (χ1) is 12.9. The van der Waals surface area contributed by atoms with Gasteiger partial charge in [-0.1, -0.05) is 17.7 Å². The number of primary amides is 1. The van der Waals surface area contributed by atoms with Gasteiger partial charge in [-0.25, -0.2) is 14.4 Å². The lowest BCUT2D eigenvalue weighted by Crippen LogP contribution is -2.12. The number of amides is 1. The maximum atomic E-state index is 14.2. The van der Waals surface area contributed by atoms with Gasteiger partial charge in [-0.3, -0.25) is 4.79 Å². The first-order valence-electron chi connectivity index (χ1n) is 7.73. The van der Waals surface area contributed by atoms with E-state index in [4.69, 9.17) is 17.3 Å². The van der Waals surface area contributed by atoms with Gasteiger partial charge in [-0.05, 0) is 24.3 Å². The second-order valence-corrected chi connectivity index (χ2v) is 7.66. The summed E-state index contributed by atoms with van der Waals surface area (Å²) < 4.78 is 14.2. The number of aromatic nitrogens is 3. The van der Waals surface area contributed by atoms with Crippen LogP contribution in [0.15, 0.2) is 36.5 Å². The van der Waals surface area contributed by atoms with Crippen molar-refractivity contribution >= 4 is 31.4 Å². The number of halogens is 2. The van der Waals surface area contributed by atoms with Crippen molar-refractivity contribution in [2.75, 3.05) is 6.66 Å². The molecule has 27 heavy (non-hydrogen) atoms. The highest BCUT2D eigenvalue weighted by Crippen LogP contribution is 2.31. The number of H-pyrrole nitrogens is 1. The molecular weight excluding hydrogens is 386 g/mol. The van der Waals surface area contributed by atoms with E-state index in [1.165, 1.54) is 24.4 Å². The molecule has 0 bridgehead atoms. The Hall–Kier alpha value is -3.00. The molecule has 1 atom stereocenters. The summed E-state index contributed by atoms with van der Waals surface area (Å²) >= 11 is 6.08. The Morgan fingerprint density at radius 1 is 1.37 bits per heavy atom. The number of pyridine rings is 1. The summed E-state index contributed by atoms with van der Waals surface area (Å²) in [4.78, 5) is 23.2. The number of carbonyl (C=O) groups excluding carboxylic acids is 1. The van der Waals surface area contributed by atoms with Crippen LogP contribution in [0.2, 0.25) is 5.02 Å². The lowest BCUT2D eigenvalue weighted by Gasteiger charge is -2.01. The SMILES string of the molecule is C=[P+](C)C#Cc1ccc(-c2nc(-c3c(F)cccc3Cl)[nH]c2C(N)=O)cn1. The molecule has 2 aromatic heterocycles. The van der Waals surface area contributed by atoms with E-state index in [0.717, 1.165) is 0 Å². The van der Waals surface area contributed by atoms with Crippen LogP contribution in [0.25, 0.3) is 22.6 Å². The smallest absolute Gasteiger partial charge is 0.267 e. The molecule has 3 aromatic rings. The monoisotopic (exact) mass is 399 g/mol. The Balaban J connectivity index is 2.09. The van der Waals surface area contributed by atoms with Crippen molar-refractivity contribution in [3.8, 4) is 34.2 Å². The van der Waals surface area contributed by atoms with Crippen molar-refractivity contribution in [3.05, 3.63) is 58.8 Å². The van der Waals surface area contributed by atoms with Gasteiger partial charge in [-0.15, -0.1) is 0 Å². The highest BCUT2D eigenvalue weighted by atomic mass is 35.5. The topological polar surface area (TPSA) is 84.7 Å². The van der Waals surface area contributed by atoms with Gasteiger partial charge < -0.3 is 10.7 Å². The van der Waals surface area contributed by atoms with Crippen LogP contribution in [0.3, 0.4) is 0 Å². The summed E-state index contributed by atoms with van der Waals surface area (Å²) in [5.41, 5.74) is 9.91. The van der Waals surface area contributed by atoms with Gasteiger partial charge in [0, 0.05) is 17.7 Å². The first-order valence-corrected chi connectivity index (χ1v) is 10.1. The first kappa shape index (κ1) is 18.8. The number of nitrogens with one attached hydrogen (secondary N) is 1. The number of imidazole rings is 1. The van der Waals surface area contributed by atoms with Crippen LogP contribution < -0.4 is 5.73 Å². The van der Waals surface area contributed by atoms with Crippen LogP contribution in [0.4, 0.5) is 4.39 Å². The molecule has 1 amide bonds. The lowest BCUT2D eigenvalue weighted by atomic mass is 10.1. The van der Waals surface area contributed by atoms with E-state index in [-0.39, 0.29) is 27.8 Å². The summed E-state index contributed by atoms with van der Waals surface area (Å²) in [7, 11) is -0.596. The number of hydrogen-bond acceptors (Lipinski definition) is 3. The highest BCUT2D eigenvalue weighted by Gasteiger charge is 2.21. The van der Waals surface area contributed by atoms with Crippen molar-refractivity contribution in [2.24, 2.45) is 5.73 Å². The molecular formula is C19H14ClFN4OP+. The molecule has 8 heteroatoms. The average Bonchev–Trinajstić information content (AvgIpc) is 3.05. The molecule has 2 heterocycles. The minimum absolute atomic E-state index is 0.0415. The second-order valence-electron chi connectivity index (χ2n) is 5.64. The summed E-state index contributed by atoms with van der Waals surface area (Å²) in [5.74, 6) is 1.74. The van der Waals surface area contributed by atoms with Gasteiger partial charge >= 0.3 is 0 Å². The van der Waals surface area contributed by atoms with Gasteiger partial charge in [0.15, 0.2) is 7.55 Å². The molecule has 3 rings (SSSR count). The Kier molecular flexibility index (Phi) is 5.36. The van der Waals surface area contributed by atoms with Gasteiger partial charge in [0.05, 0.1) is 16.9 Å². The van der Waals surface area contributed by atoms with Crippen molar-refractivity contribution in [2.45, 2.75) is 0 Å². The standard InChI is InChI=1S/C19H13ClFN4OP/c1-27(2)9-8-12-7-6-11(10-23-12)16-17(18(22)26)25-19(24-16)15-13(20)4-3-5-14(15)21/h3-7,10H,1H2,2H3,(H2-,22,24,25,26)/p+1. The van der Waals surface area contributed by atoms with Crippen LogP contribution in [-0.4, -0.2) is 33.8 Å². The molecule has 3 N–H and O–H groups in total. The third-order valence-electron chi connectivity index (χ3n) is 3.56. The van der Waals surface area contributed by atoms with E-state index < -0.39 is 19.3 Å². The molecule has 0 saturated carbocycles. The van der Waals surface area contributed by atoms with Crippen LogP contribution in [0.1, 0.15) is 16.2 Å². The van der Waals surface area contributed by atoms with E-state index in [9.17, 15) is 9.18 Å². The van der Waals surface area contributed by atoms with Gasteiger partial charge in [0.25, 0.3) is 5.91 Å². The number of nitrogens with two attached hydrogens (primary N) is 1. The molecule has 0 aliphatic heterocycles. The molecule has 0 spiro atoms. The minimum Gasteiger partial charge on any atom is -0.364 e. The lowest BCUT2D eigenvalue weighted by molar-refractivity contribution is 0.0997. The third kappa shape index (κ3) is 4.06. The van der Waals surface area contributed by atoms with E-state index in [1.54, 1.807) is 12.1 Å². The van der Waals surface area contributed by atoms with Crippen molar-refractivity contribution in [3.63, 3.8) is 0 Å². The van der Waals surface area contributed by atoms with Gasteiger partial charge in [0.2, 0.25) is 0 Å². The molecule has 0 aliphatic rings. The maximum Gasteiger partial charge on any atom is 0.267 e. The Morgan fingerprint density at radius 3 is 2.74 bits per heavy atom. The van der Waals surface area contributed by atoms with E-state index in [1.807, 2.05) is 6.66 Å². The number of nitrogens with zero attached hydrogens (tertiary/aromatic N) is 2. The Morgan fingerprint density at radius 2 is 2.15 bits per heavy atom. The molecule has 134 valence electrons. The molecule has 1 aromatic carbocycles. The number of hydrogen-bond donors (Lipinski definition) is 2. The number of aromatic amines is 1. The van der Waals surface area contributed by atoms with Crippen LogP contribution in [0, 0.1) is 17.4 Å². The molecule has 1 unspecified atom stereocenters. The van der Waals surface area contributed by atoms with Crippen molar-refractivity contribution in [1.29, 1.82) is 0 Å². The number of rotatable bonds is 3. The second kappa shape index (κ2) is 7.71. The fourth-order valence-corrected chi connectivity index (χ4v) is 2.92. The molecule has 5 nitrogen and oxygen atoms in total. The van der Waals surface area contributed by atoms with Gasteiger partial charge in [0.1, 0.15) is 41.0 Å². The largest absolute Gasteiger partial charge is 0.364 e. The van der Waals surface area contributed by atoms with E-state index in [0.29, 0.717) is 11.3 Å². The number of benzene rings is 1. The van der Waals surface area contributed by atoms with E-state index in [2.05, 4.69) is 32.8 Å². The zero-order valence-electron chi connectivity index (χ0n) is 14.3. The normalized spacial score (nSPS) is 10.9. The summed E-state index contributed by atoms with van der Waals surface area (Å²) in [5, 5.41) is 0.166. The summed E-state index contributed by atoms with van der Waals surface area (Å²) in [6.07, 6.45) is 5.38. The third-order valence-corrected chi connectivity index (χ3v) is 4.37. The van der Waals surface area contributed by atoms with Gasteiger partial charge in [-0.2, -0.15) is 0 Å². The minimum atomic E-state index is -0.728. The highest BCUT2D eigenvalue weighted by molar-refractivity contribution is 7.60. The average molecular weight is 400 g/mol. The zero-order valence-corrected chi connectivity index (χ0v) is 15.9. The molecule has 0 aliphatic carbocycles. The zero-order chi connectivity index (χ0) is 19.6. The Labute approximate surface area is 161 Å². The molecule has 0 fully saturated rings. The van der Waals surface area contributed by atoms with E-state index >= 15 is 0 Å². The predicted octanol–water partition coefficient (Wildman–Crippen LogP) is 3.88. The van der Waals surface area contributed by atoms with Crippen molar-refractivity contribution < 1.29 is 9.18 Å². The molecule has 0 saturated heterocycles. The Bertz CT molecular complexity index is 1090. The summed E-state index contributed by atoms with van der Waals surface area (Å²) in [6, 6.07) is 7.70. The fraction of sp³-hybridized carbons (Fsp3) is 0.0526. The number of carbonyl (C=O) groups is 1. The predicted molar refractivity (Wildman–Crippen MR) is 108 cm³/mol. The quantitative estimate of drug-likeness (QED) is 0.517. The van der Waals surface area contributed by atoms with Crippen molar-refractivity contribution in [1.82, 2.24) is 15.0 Å².